The van der Waals surface area contributed by atoms with E-state index in [2.05, 4.69) is 22.2 Å². The minimum atomic E-state index is 0.509. The Morgan fingerprint density at radius 2 is 2.11 bits per heavy atom. The second-order valence-electron chi connectivity index (χ2n) is 5.08. The number of methoxy groups -OCH3 is 1. The molecule has 1 aromatic heterocycles. The van der Waals surface area contributed by atoms with Gasteiger partial charge in [0.25, 0.3) is 0 Å². The van der Waals surface area contributed by atoms with E-state index in [1.807, 2.05) is 13.0 Å². The lowest BCUT2D eigenvalue weighted by Crippen LogP contribution is -2.32. The van der Waals surface area contributed by atoms with Crippen molar-refractivity contribution in [3.8, 4) is 5.88 Å². The van der Waals surface area contributed by atoms with Gasteiger partial charge in [0, 0.05) is 17.8 Å². The van der Waals surface area contributed by atoms with Crippen molar-refractivity contribution in [1.29, 1.82) is 0 Å². The Balaban J connectivity index is 2.09. The topological polar surface area (TPSA) is 47.0 Å². The first-order valence-electron chi connectivity index (χ1n) is 6.89. The van der Waals surface area contributed by atoms with E-state index in [4.69, 9.17) is 4.74 Å². The first kappa shape index (κ1) is 13.1. The maximum atomic E-state index is 5.19. The summed E-state index contributed by atoms with van der Waals surface area (Å²) in [6.45, 7) is 4.23. The van der Waals surface area contributed by atoms with Gasteiger partial charge in [0.05, 0.1) is 7.11 Å². The summed E-state index contributed by atoms with van der Waals surface area (Å²) in [5, 5.41) is 3.50. The molecule has 1 fully saturated rings. The molecule has 0 spiro atoms. The molecule has 1 heterocycles. The van der Waals surface area contributed by atoms with Crippen molar-refractivity contribution in [2.24, 2.45) is 5.92 Å². The van der Waals surface area contributed by atoms with Crippen LogP contribution in [0.3, 0.4) is 0 Å². The first-order chi connectivity index (χ1) is 8.72. The number of aryl methyl sites for hydroxylation is 1. The Kier molecular flexibility index (Phi) is 4.39. The number of anilines is 1. The summed E-state index contributed by atoms with van der Waals surface area (Å²) in [4.78, 5) is 8.81. The summed E-state index contributed by atoms with van der Waals surface area (Å²) >= 11 is 0. The van der Waals surface area contributed by atoms with Crippen molar-refractivity contribution < 1.29 is 4.74 Å². The fourth-order valence-corrected chi connectivity index (χ4v) is 2.76. The molecule has 1 N–H and O–H groups in total. The standard InChI is InChI=1S/C14H23N3O/c1-4-11-7-5-6-8-12(11)16-14-15-10(2)9-13(17-14)18-3/h9,11-12H,4-8H2,1-3H3,(H,15,16,17). The fraction of sp³-hybridized carbons (Fsp3) is 0.714. The SMILES string of the molecule is CCC1CCCCC1Nc1nc(C)cc(OC)n1. The van der Waals surface area contributed by atoms with Crippen LogP contribution < -0.4 is 10.1 Å². The summed E-state index contributed by atoms with van der Waals surface area (Å²) in [5.41, 5.74) is 0.938. The average molecular weight is 249 g/mol. The lowest BCUT2D eigenvalue weighted by Gasteiger charge is -2.31. The molecule has 0 bridgehead atoms. The van der Waals surface area contributed by atoms with Crippen LogP contribution in [0.25, 0.3) is 0 Å². The van der Waals surface area contributed by atoms with Gasteiger partial charge in [-0.2, -0.15) is 4.98 Å². The molecule has 100 valence electrons. The third kappa shape index (κ3) is 3.12. The van der Waals surface area contributed by atoms with Crippen molar-refractivity contribution in [3.63, 3.8) is 0 Å². The summed E-state index contributed by atoms with van der Waals surface area (Å²) in [5.74, 6) is 2.08. The molecule has 18 heavy (non-hydrogen) atoms. The number of hydrogen-bond acceptors (Lipinski definition) is 4. The highest BCUT2D eigenvalue weighted by atomic mass is 16.5. The van der Waals surface area contributed by atoms with Gasteiger partial charge in [0.15, 0.2) is 0 Å². The van der Waals surface area contributed by atoms with Gasteiger partial charge in [0.2, 0.25) is 11.8 Å². The Labute approximate surface area is 109 Å². The van der Waals surface area contributed by atoms with Crippen molar-refractivity contribution >= 4 is 5.95 Å². The molecular weight excluding hydrogens is 226 g/mol. The van der Waals surface area contributed by atoms with E-state index in [0.29, 0.717) is 17.9 Å². The smallest absolute Gasteiger partial charge is 0.226 e. The van der Waals surface area contributed by atoms with Gasteiger partial charge in [-0.05, 0) is 25.7 Å². The van der Waals surface area contributed by atoms with E-state index in [-0.39, 0.29) is 0 Å². The Hall–Kier alpha value is -1.32. The normalized spacial score (nSPS) is 23.7. The lowest BCUT2D eigenvalue weighted by atomic mass is 9.83. The molecule has 4 nitrogen and oxygen atoms in total. The number of nitrogens with zero attached hydrogens (tertiary/aromatic N) is 2. The minimum absolute atomic E-state index is 0.509. The Morgan fingerprint density at radius 3 is 2.83 bits per heavy atom. The van der Waals surface area contributed by atoms with Gasteiger partial charge in [-0.25, -0.2) is 4.98 Å². The maximum absolute atomic E-state index is 5.19. The molecule has 2 atom stereocenters. The van der Waals surface area contributed by atoms with Crippen molar-refractivity contribution in [2.45, 2.75) is 52.0 Å². The average Bonchev–Trinajstić information content (AvgIpc) is 2.38. The number of nitrogens with one attached hydrogen (secondary N) is 1. The highest BCUT2D eigenvalue weighted by Crippen LogP contribution is 2.29. The predicted molar refractivity (Wildman–Crippen MR) is 73.0 cm³/mol. The molecule has 4 heteroatoms. The second-order valence-corrected chi connectivity index (χ2v) is 5.08. The van der Waals surface area contributed by atoms with Gasteiger partial charge in [-0.1, -0.05) is 26.2 Å². The first-order valence-corrected chi connectivity index (χ1v) is 6.89. The Morgan fingerprint density at radius 1 is 1.33 bits per heavy atom. The summed E-state index contributed by atoms with van der Waals surface area (Å²) in [6.07, 6.45) is 6.42. The molecule has 1 saturated carbocycles. The second kappa shape index (κ2) is 6.03. The van der Waals surface area contributed by atoms with E-state index in [1.54, 1.807) is 7.11 Å². The zero-order chi connectivity index (χ0) is 13.0. The molecule has 1 aromatic rings. The molecule has 1 aliphatic carbocycles. The molecule has 0 aromatic carbocycles. The summed E-state index contributed by atoms with van der Waals surface area (Å²) in [6, 6.07) is 2.36. The number of ether oxygens (including phenoxy) is 1. The van der Waals surface area contributed by atoms with Crippen LogP contribution in [-0.2, 0) is 0 Å². The molecule has 0 radical (unpaired) electrons. The molecule has 1 aliphatic rings. The molecule has 0 aliphatic heterocycles. The van der Waals surface area contributed by atoms with E-state index in [1.165, 1.54) is 32.1 Å². The molecule has 0 amide bonds. The summed E-state index contributed by atoms with van der Waals surface area (Å²) in [7, 11) is 1.64. The van der Waals surface area contributed by atoms with Crippen molar-refractivity contribution in [1.82, 2.24) is 9.97 Å². The van der Waals surface area contributed by atoms with E-state index in [9.17, 15) is 0 Å². The number of hydrogen-bond donors (Lipinski definition) is 1. The quantitative estimate of drug-likeness (QED) is 0.890. The van der Waals surface area contributed by atoms with E-state index in [0.717, 1.165) is 11.6 Å². The molecule has 2 rings (SSSR count). The van der Waals surface area contributed by atoms with Gasteiger partial charge >= 0.3 is 0 Å². The van der Waals surface area contributed by atoms with Gasteiger partial charge in [-0.15, -0.1) is 0 Å². The van der Waals surface area contributed by atoms with Crippen LogP contribution in [0.1, 0.15) is 44.7 Å². The predicted octanol–water partition coefficient (Wildman–Crippen LogP) is 3.17. The summed E-state index contributed by atoms with van der Waals surface area (Å²) < 4.78 is 5.19. The van der Waals surface area contributed by atoms with Crippen LogP contribution in [-0.4, -0.2) is 23.1 Å². The van der Waals surface area contributed by atoms with Crippen LogP contribution in [0.2, 0.25) is 0 Å². The van der Waals surface area contributed by atoms with Gasteiger partial charge < -0.3 is 10.1 Å². The van der Waals surface area contributed by atoms with Crippen molar-refractivity contribution in [3.05, 3.63) is 11.8 Å². The zero-order valence-corrected chi connectivity index (χ0v) is 11.6. The molecule has 2 unspecified atom stereocenters. The monoisotopic (exact) mass is 249 g/mol. The van der Waals surface area contributed by atoms with Crippen LogP contribution in [0.5, 0.6) is 5.88 Å². The van der Waals surface area contributed by atoms with Crippen LogP contribution >= 0.6 is 0 Å². The van der Waals surface area contributed by atoms with Crippen molar-refractivity contribution in [2.75, 3.05) is 12.4 Å². The molecular formula is C14H23N3O. The fourth-order valence-electron chi connectivity index (χ4n) is 2.76. The van der Waals surface area contributed by atoms with Gasteiger partial charge in [-0.3, -0.25) is 0 Å². The maximum Gasteiger partial charge on any atom is 0.226 e. The minimum Gasteiger partial charge on any atom is -0.481 e. The molecule has 0 saturated heterocycles. The van der Waals surface area contributed by atoms with Crippen LogP contribution in [0.15, 0.2) is 6.07 Å². The van der Waals surface area contributed by atoms with Crippen LogP contribution in [0, 0.1) is 12.8 Å². The van der Waals surface area contributed by atoms with E-state index < -0.39 is 0 Å². The number of rotatable bonds is 4. The van der Waals surface area contributed by atoms with E-state index >= 15 is 0 Å². The zero-order valence-electron chi connectivity index (χ0n) is 11.6. The Bertz CT molecular complexity index is 395. The van der Waals surface area contributed by atoms with Crippen LogP contribution in [0.4, 0.5) is 5.95 Å². The lowest BCUT2D eigenvalue weighted by molar-refractivity contribution is 0.315. The third-order valence-electron chi connectivity index (χ3n) is 3.79. The highest BCUT2D eigenvalue weighted by Gasteiger charge is 2.24. The highest BCUT2D eigenvalue weighted by molar-refractivity contribution is 5.32. The third-order valence-corrected chi connectivity index (χ3v) is 3.79. The number of aromatic nitrogens is 2. The van der Waals surface area contributed by atoms with Gasteiger partial charge in [0.1, 0.15) is 0 Å². The largest absolute Gasteiger partial charge is 0.481 e.